The zero-order chi connectivity index (χ0) is 11.2. The first-order valence-corrected chi connectivity index (χ1v) is 6.00. The topological polar surface area (TPSA) is 6.48 Å². The molecule has 0 aliphatic carbocycles. The van der Waals surface area contributed by atoms with Gasteiger partial charge in [0.05, 0.1) is 0 Å². The third-order valence-electron chi connectivity index (χ3n) is 2.85. The molecule has 1 heterocycles. The van der Waals surface area contributed by atoms with Crippen LogP contribution in [0.2, 0.25) is 0 Å². The predicted molar refractivity (Wildman–Crippen MR) is 64.7 cm³/mol. The van der Waals surface area contributed by atoms with E-state index >= 15 is 0 Å². The Morgan fingerprint density at radius 1 is 1.21 bits per heavy atom. The fourth-order valence-corrected chi connectivity index (χ4v) is 2.12. The van der Waals surface area contributed by atoms with Crippen LogP contribution in [0.3, 0.4) is 0 Å². The monoisotopic (exact) mass is 200 g/mol. The maximum Gasteiger partial charge on any atom is 0.00600 e. The van der Waals surface area contributed by atoms with Gasteiger partial charge >= 0.3 is 0 Å². The zero-order valence-corrected chi connectivity index (χ0v) is 10.9. The van der Waals surface area contributed by atoms with Gasteiger partial charge in [0.2, 0.25) is 0 Å². The van der Waals surface area contributed by atoms with Crippen LogP contribution in [0.15, 0.2) is 0 Å². The predicted octanol–water partition coefficient (Wildman–Crippen LogP) is 2.31. The van der Waals surface area contributed by atoms with Crippen molar-refractivity contribution < 1.29 is 0 Å². The molecular formula is C12H28N2. The Bertz CT molecular complexity index is 139. The van der Waals surface area contributed by atoms with Crippen LogP contribution < -0.4 is 0 Å². The van der Waals surface area contributed by atoms with E-state index in [0.717, 1.165) is 0 Å². The average Bonchev–Trinajstić information content (AvgIpc) is 2.16. The quantitative estimate of drug-likeness (QED) is 0.687. The standard InChI is InChI=1S/C10H22N2.C2H6/c1-5-11(4)7-10(3)8-12(6-2)9-10;1-2/h5-9H2,1-4H3;1-2H3. The SMILES string of the molecule is CC.CCN(C)CC1(C)CN(CC)C1. The summed E-state index contributed by atoms with van der Waals surface area (Å²) in [5.74, 6) is 0. The van der Waals surface area contributed by atoms with Gasteiger partial charge in [0.1, 0.15) is 0 Å². The van der Waals surface area contributed by atoms with E-state index in [9.17, 15) is 0 Å². The van der Waals surface area contributed by atoms with Crippen LogP contribution in [0.5, 0.6) is 0 Å². The molecule has 0 amide bonds. The Morgan fingerprint density at radius 3 is 2.07 bits per heavy atom. The third kappa shape index (κ3) is 3.97. The number of hydrogen-bond donors (Lipinski definition) is 0. The molecule has 0 saturated carbocycles. The molecule has 2 heteroatoms. The lowest BCUT2D eigenvalue weighted by Gasteiger charge is -2.49. The van der Waals surface area contributed by atoms with Crippen molar-refractivity contribution in [1.82, 2.24) is 9.80 Å². The van der Waals surface area contributed by atoms with Gasteiger partial charge in [-0.15, -0.1) is 0 Å². The van der Waals surface area contributed by atoms with Crippen LogP contribution in [0.1, 0.15) is 34.6 Å². The van der Waals surface area contributed by atoms with E-state index in [1.54, 1.807) is 0 Å². The first-order chi connectivity index (χ1) is 6.59. The van der Waals surface area contributed by atoms with Gasteiger partial charge in [-0.05, 0) is 20.1 Å². The molecule has 0 aromatic rings. The third-order valence-corrected chi connectivity index (χ3v) is 2.85. The van der Waals surface area contributed by atoms with Crippen LogP contribution >= 0.6 is 0 Å². The van der Waals surface area contributed by atoms with Crippen molar-refractivity contribution >= 4 is 0 Å². The molecule has 1 fully saturated rings. The van der Waals surface area contributed by atoms with Gasteiger partial charge in [-0.25, -0.2) is 0 Å². The van der Waals surface area contributed by atoms with Gasteiger partial charge < -0.3 is 9.80 Å². The molecule has 1 rings (SSSR count). The second-order valence-electron chi connectivity index (χ2n) is 4.44. The van der Waals surface area contributed by atoms with E-state index in [1.165, 1.54) is 32.7 Å². The molecule has 0 N–H and O–H groups in total. The van der Waals surface area contributed by atoms with E-state index in [-0.39, 0.29) is 0 Å². The van der Waals surface area contributed by atoms with E-state index in [4.69, 9.17) is 0 Å². The molecule has 0 spiro atoms. The Balaban J connectivity index is 0.000000791. The molecule has 0 aromatic heterocycles. The Kier molecular flexibility index (Phi) is 6.38. The largest absolute Gasteiger partial charge is 0.306 e. The summed E-state index contributed by atoms with van der Waals surface area (Å²) in [5, 5.41) is 0. The van der Waals surface area contributed by atoms with Crippen molar-refractivity contribution in [1.29, 1.82) is 0 Å². The number of hydrogen-bond acceptors (Lipinski definition) is 2. The van der Waals surface area contributed by atoms with E-state index in [2.05, 4.69) is 37.6 Å². The Labute approximate surface area is 90.3 Å². The zero-order valence-electron chi connectivity index (χ0n) is 10.9. The Hall–Kier alpha value is -0.0800. The minimum Gasteiger partial charge on any atom is -0.306 e. The fraction of sp³-hybridized carbons (Fsp3) is 1.00. The molecule has 1 aliphatic rings. The summed E-state index contributed by atoms with van der Waals surface area (Å²) in [5.41, 5.74) is 0.570. The van der Waals surface area contributed by atoms with Gasteiger partial charge in [-0.3, -0.25) is 0 Å². The van der Waals surface area contributed by atoms with Crippen LogP contribution in [-0.2, 0) is 0 Å². The first-order valence-electron chi connectivity index (χ1n) is 6.00. The highest BCUT2D eigenvalue weighted by atomic mass is 15.2. The maximum atomic E-state index is 2.50. The van der Waals surface area contributed by atoms with E-state index < -0.39 is 0 Å². The van der Waals surface area contributed by atoms with Crippen molar-refractivity contribution in [2.24, 2.45) is 5.41 Å². The van der Waals surface area contributed by atoms with Gasteiger partial charge in [0, 0.05) is 25.0 Å². The molecule has 0 atom stereocenters. The molecule has 14 heavy (non-hydrogen) atoms. The van der Waals surface area contributed by atoms with Crippen molar-refractivity contribution in [3.63, 3.8) is 0 Å². The lowest BCUT2D eigenvalue weighted by Crippen LogP contribution is -2.58. The average molecular weight is 200 g/mol. The molecule has 1 aliphatic heterocycles. The smallest absolute Gasteiger partial charge is 0.00600 e. The van der Waals surface area contributed by atoms with Crippen molar-refractivity contribution in [2.45, 2.75) is 34.6 Å². The lowest BCUT2D eigenvalue weighted by molar-refractivity contribution is -0.00223. The molecular weight excluding hydrogens is 172 g/mol. The lowest BCUT2D eigenvalue weighted by atomic mass is 9.81. The van der Waals surface area contributed by atoms with E-state index in [1.807, 2.05) is 13.8 Å². The molecule has 0 radical (unpaired) electrons. The summed E-state index contributed by atoms with van der Waals surface area (Å²) < 4.78 is 0. The molecule has 0 bridgehead atoms. The summed E-state index contributed by atoms with van der Waals surface area (Å²) in [4.78, 5) is 4.91. The van der Waals surface area contributed by atoms with Gasteiger partial charge in [-0.2, -0.15) is 0 Å². The van der Waals surface area contributed by atoms with Crippen molar-refractivity contribution in [3.8, 4) is 0 Å². The number of likely N-dealkylation sites (tertiary alicyclic amines) is 1. The molecule has 0 aromatic carbocycles. The molecule has 2 nitrogen and oxygen atoms in total. The van der Waals surface area contributed by atoms with Crippen LogP contribution in [0.25, 0.3) is 0 Å². The second-order valence-corrected chi connectivity index (χ2v) is 4.44. The normalized spacial score (nSPS) is 19.9. The highest BCUT2D eigenvalue weighted by molar-refractivity contribution is 4.92. The van der Waals surface area contributed by atoms with Crippen molar-refractivity contribution in [2.75, 3.05) is 39.8 Å². The summed E-state index contributed by atoms with van der Waals surface area (Å²) in [6, 6.07) is 0. The van der Waals surface area contributed by atoms with Gasteiger partial charge in [0.25, 0.3) is 0 Å². The number of rotatable bonds is 4. The second kappa shape index (κ2) is 6.41. The molecule has 0 unspecified atom stereocenters. The summed E-state index contributed by atoms with van der Waals surface area (Å²) in [6.45, 7) is 17.1. The Morgan fingerprint density at radius 2 is 1.71 bits per heavy atom. The van der Waals surface area contributed by atoms with E-state index in [0.29, 0.717) is 5.41 Å². The van der Waals surface area contributed by atoms with Gasteiger partial charge in [-0.1, -0.05) is 34.6 Å². The molecule has 86 valence electrons. The van der Waals surface area contributed by atoms with Crippen LogP contribution in [-0.4, -0.2) is 49.6 Å². The minimum atomic E-state index is 0.570. The summed E-state index contributed by atoms with van der Waals surface area (Å²) in [7, 11) is 2.21. The summed E-state index contributed by atoms with van der Waals surface area (Å²) >= 11 is 0. The van der Waals surface area contributed by atoms with Crippen molar-refractivity contribution in [3.05, 3.63) is 0 Å². The highest BCUT2D eigenvalue weighted by Gasteiger charge is 2.37. The fourth-order valence-electron chi connectivity index (χ4n) is 2.12. The summed E-state index contributed by atoms with van der Waals surface area (Å²) in [6.07, 6.45) is 0. The maximum absolute atomic E-state index is 2.50. The number of nitrogens with zero attached hydrogens (tertiary/aromatic N) is 2. The minimum absolute atomic E-state index is 0.570. The highest BCUT2D eigenvalue weighted by Crippen LogP contribution is 2.29. The first kappa shape index (κ1) is 13.9. The van der Waals surface area contributed by atoms with Crippen LogP contribution in [0, 0.1) is 5.41 Å². The molecule has 1 saturated heterocycles. The van der Waals surface area contributed by atoms with Crippen LogP contribution in [0.4, 0.5) is 0 Å². The van der Waals surface area contributed by atoms with Gasteiger partial charge in [0.15, 0.2) is 0 Å².